The predicted molar refractivity (Wildman–Crippen MR) is 110 cm³/mol. The summed E-state index contributed by atoms with van der Waals surface area (Å²) in [5.74, 6) is 0.600. The van der Waals surface area contributed by atoms with Gasteiger partial charge < -0.3 is 9.80 Å². The van der Waals surface area contributed by atoms with Crippen molar-refractivity contribution in [2.24, 2.45) is 0 Å². The molecule has 0 spiro atoms. The summed E-state index contributed by atoms with van der Waals surface area (Å²) in [5.41, 5.74) is 5.75. The Morgan fingerprint density at radius 3 is 1.80 bits per heavy atom. The van der Waals surface area contributed by atoms with Crippen molar-refractivity contribution in [1.82, 2.24) is 0 Å². The Balaban J connectivity index is 1.93. The zero-order chi connectivity index (χ0) is 18.0. The van der Waals surface area contributed by atoms with Gasteiger partial charge in [-0.25, -0.2) is 0 Å². The first-order chi connectivity index (χ1) is 11.9. The van der Waals surface area contributed by atoms with Crippen molar-refractivity contribution in [2.45, 2.75) is 43.9 Å². The van der Waals surface area contributed by atoms with Crippen LogP contribution in [-0.4, -0.2) is 28.2 Å². The topological polar surface area (TPSA) is 6.48 Å². The van der Waals surface area contributed by atoms with E-state index in [1.807, 2.05) is 0 Å². The standard InChI is InChI=1S/C23H32N2/c1-23(19-11-15-21(16-12-19)25(4)5)17-7-6-8-22(23)18-9-13-20(14-10-18)24(2)3/h9-16,22H,6-8,17H2,1-5H3. The zero-order valence-electron chi connectivity index (χ0n) is 16.4. The lowest BCUT2D eigenvalue weighted by molar-refractivity contribution is 0.270. The van der Waals surface area contributed by atoms with Crippen LogP contribution in [0, 0.1) is 0 Å². The summed E-state index contributed by atoms with van der Waals surface area (Å²) in [5, 5.41) is 0. The SMILES string of the molecule is CN(C)c1ccc(C2CCCCC2(C)c2ccc(N(C)C)cc2)cc1. The summed E-state index contributed by atoms with van der Waals surface area (Å²) >= 11 is 0. The van der Waals surface area contributed by atoms with Crippen LogP contribution in [-0.2, 0) is 5.41 Å². The molecule has 0 amide bonds. The Bertz CT molecular complexity index is 685. The summed E-state index contributed by atoms with van der Waals surface area (Å²) in [6, 6.07) is 18.4. The quantitative estimate of drug-likeness (QED) is 0.734. The minimum absolute atomic E-state index is 0.225. The summed E-state index contributed by atoms with van der Waals surface area (Å²) in [6.07, 6.45) is 5.23. The molecule has 1 aliphatic carbocycles. The minimum atomic E-state index is 0.225. The molecule has 0 heterocycles. The monoisotopic (exact) mass is 336 g/mol. The fourth-order valence-electron chi connectivity index (χ4n) is 4.36. The summed E-state index contributed by atoms with van der Waals surface area (Å²) in [6.45, 7) is 2.47. The first-order valence-corrected chi connectivity index (χ1v) is 9.47. The van der Waals surface area contributed by atoms with Gasteiger partial charge in [0.2, 0.25) is 0 Å². The lowest BCUT2D eigenvalue weighted by atomic mass is 9.61. The van der Waals surface area contributed by atoms with E-state index in [1.165, 1.54) is 48.2 Å². The van der Waals surface area contributed by atoms with E-state index in [2.05, 4.69) is 93.4 Å². The van der Waals surface area contributed by atoms with E-state index >= 15 is 0 Å². The fourth-order valence-corrected chi connectivity index (χ4v) is 4.36. The molecular weight excluding hydrogens is 304 g/mol. The molecule has 0 saturated heterocycles. The van der Waals surface area contributed by atoms with E-state index in [1.54, 1.807) is 0 Å². The van der Waals surface area contributed by atoms with Gasteiger partial charge in [-0.2, -0.15) is 0 Å². The van der Waals surface area contributed by atoms with Gasteiger partial charge in [0.1, 0.15) is 0 Å². The van der Waals surface area contributed by atoms with Crippen molar-refractivity contribution in [3.8, 4) is 0 Å². The molecule has 2 nitrogen and oxygen atoms in total. The van der Waals surface area contributed by atoms with Gasteiger partial charge in [-0.1, -0.05) is 44.0 Å². The molecule has 134 valence electrons. The molecule has 1 aliphatic rings. The molecule has 2 atom stereocenters. The van der Waals surface area contributed by atoms with Crippen LogP contribution < -0.4 is 9.80 Å². The maximum absolute atomic E-state index is 2.47. The number of rotatable bonds is 4. The average molecular weight is 337 g/mol. The molecule has 2 aromatic rings. The van der Waals surface area contributed by atoms with E-state index in [9.17, 15) is 0 Å². The molecule has 0 aromatic heterocycles. The third-order valence-electron chi connectivity index (χ3n) is 6.06. The van der Waals surface area contributed by atoms with E-state index in [0.29, 0.717) is 5.92 Å². The van der Waals surface area contributed by atoms with Gasteiger partial charge in [0, 0.05) is 39.6 Å². The number of hydrogen-bond donors (Lipinski definition) is 0. The van der Waals surface area contributed by atoms with E-state index < -0.39 is 0 Å². The first kappa shape index (κ1) is 17.8. The highest BCUT2D eigenvalue weighted by Crippen LogP contribution is 2.49. The predicted octanol–water partition coefficient (Wildman–Crippen LogP) is 5.43. The molecule has 1 saturated carbocycles. The van der Waals surface area contributed by atoms with Crippen molar-refractivity contribution in [3.63, 3.8) is 0 Å². The van der Waals surface area contributed by atoms with Crippen LogP contribution in [0.3, 0.4) is 0 Å². The van der Waals surface area contributed by atoms with Gasteiger partial charge >= 0.3 is 0 Å². The third kappa shape index (κ3) is 3.53. The van der Waals surface area contributed by atoms with Crippen LogP contribution in [0.1, 0.15) is 49.7 Å². The Labute approximate surface area is 153 Å². The van der Waals surface area contributed by atoms with Gasteiger partial charge in [0.05, 0.1) is 0 Å². The lowest BCUT2D eigenvalue weighted by Gasteiger charge is -2.43. The van der Waals surface area contributed by atoms with Crippen LogP contribution in [0.25, 0.3) is 0 Å². The molecule has 2 heteroatoms. The highest BCUT2D eigenvalue weighted by Gasteiger charge is 2.38. The Kier molecular flexibility index (Phi) is 5.08. The van der Waals surface area contributed by atoms with Crippen LogP contribution in [0.4, 0.5) is 11.4 Å². The normalized spacial score (nSPS) is 23.3. The van der Waals surface area contributed by atoms with Crippen LogP contribution in [0.5, 0.6) is 0 Å². The van der Waals surface area contributed by atoms with Crippen molar-refractivity contribution < 1.29 is 0 Å². The molecule has 0 bridgehead atoms. The van der Waals surface area contributed by atoms with E-state index in [0.717, 1.165) is 0 Å². The number of hydrogen-bond acceptors (Lipinski definition) is 2. The maximum atomic E-state index is 2.47. The van der Waals surface area contributed by atoms with Gasteiger partial charge in [0.15, 0.2) is 0 Å². The third-order valence-corrected chi connectivity index (χ3v) is 6.06. The highest BCUT2D eigenvalue weighted by molar-refractivity contribution is 5.50. The number of anilines is 2. The lowest BCUT2D eigenvalue weighted by Crippen LogP contribution is -2.33. The molecular formula is C23H32N2. The summed E-state index contributed by atoms with van der Waals surface area (Å²) < 4.78 is 0. The molecule has 1 fully saturated rings. The average Bonchev–Trinajstić information content (AvgIpc) is 2.62. The number of nitrogens with zero attached hydrogens (tertiary/aromatic N) is 2. The first-order valence-electron chi connectivity index (χ1n) is 9.47. The molecule has 2 unspecified atom stereocenters. The molecule has 0 N–H and O–H groups in total. The van der Waals surface area contributed by atoms with Gasteiger partial charge in [-0.05, 0) is 59.6 Å². The fraction of sp³-hybridized carbons (Fsp3) is 0.478. The maximum Gasteiger partial charge on any atom is 0.0361 e. The second kappa shape index (κ2) is 7.11. The van der Waals surface area contributed by atoms with E-state index in [4.69, 9.17) is 0 Å². The van der Waals surface area contributed by atoms with E-state index in [-0.39, 0.29) is 5.41 Å². The Morgan fingerprint density at radius 2 is 1.28 bits per heavy atom. The van der Waals surface area contributed by atoms with Crippen molar-refractivity contribution in [1.29, 1.82) is 0 Å². The minimum Gasteiger partial charge on any atom is -0.378 e. The highest BCUT2D eigenvalue weighted by atomic mass is 15.1. The van der Waals surface area contributed by atoms with Crippen LogP contribution in [0.2, 0.25) is 0 Å². The van der Waals surface area contributed by atoms with Crippen molar-refractivity contribution in [2.75, 3.05) is 38.0 Å². The molecule has 3 rings (SSSR count). The van der Waals surface area contributed by atoms with Crippen molar-refractivity contribution in [3.05, 3.63) is 59.7 Å². The summed E-state index contributed by atoms with van der Waals surface area (Å²) in [4.78, 5) is 4.34. The van der Waals surface area contributed by atoms with Gasteiger partial charge in [0.25, 0.3) is 0 Å². The largest absolute Gasteiger partial charge is 0.378 e. The van der Waals surface area contributed by atoms with Crippen LogP contribution in [0.15, 0.2) is 48.5 Å². The second-order valence-corrected chi connectivity index (χ2v) is 8.14. The van der Waals surface area contributed by atoms with Crippen LogP contribution >= 0.6 is 0 Å². The molecule has 25 heavy (non-hydrogen) atoms. The molecule has 0 radical (unpaired) electrons. The smallest absolute Gasteiger partial charge is 0.0361 e. The Hall–Kier alpha value is -1.96. The molecule has 0 aliphatic heterocycles. The molecule has 2 aromatic carbocycles. The summed E-state index contributed by atoms with van der Waals surface area (Å²) in [7, 11) is 8.41. The number of benzene rings is 2. The Morgan fingerprint density at radius 1 is 0.760 bits per heavy atom. The van der Waals surface area contributed by atoms with Crippen molar-refractivity contribution >= 4 is 11.4 Å². The van der Waals surface area contributed by atoms with Gasteiger partial charge in [-0.3, -0.25) is 0 Å². The van der Waals surface area contributed by atoms with Gasteiger partial charge in [-0.15, -0.1) is 0 Å². The zero-order valence-corrected chi connectivity index (χ0v) is 16.4. The second-order valence-electron chi connectivity index (χ2n) is 8.14.